The highest BCUT2D eigenvalue weighted by molar-refractivity contribution is 7.12. The fourth-order valence-electron chi connectivity index (χ4n) is 3.71. The number of imide groups is 1. The maximum Gasteiger partial charge on any atom is 0.274 e. The van der Waals surface area contributed by atoms with Gasteiger partial charge >= 0.3 is 0 Å². The van der Waals surface area contributed by atoms with E-state index in [-0.39, 0.29) is 16.4 Å². The number of rotatable bonds is 5. The van der Waals surface area contributed by atoms with Gasteiger partial charge in [-0.05, 0) is 42.5 Å². The molecule has 2 heterocycles. The Morgan fingerprint density at radius 1 is 1.07 bits per heavy atom. The lowest BCUT2D eigenvalue weighted by Gasteiger charge is -2.30. The van der Waals surface area contributed by atoms with Gasteiger partial charge in [-0.1, -0.05) is 41.4 Å². The summed E-state index contributed by atoms with van der Waals surface area (Å²) in [6.45, 7) is -0.456. The molecule has 6 nitrogen and oxygen atoms in total. The van der Waals surface area contributed by atoms with Crippen molar-refractivity contribution in [3.05, 3.63) is 68.3 Å². The minimum Gasteiger partial charge on any atom is -0.291 e. The van der Waals surface area contributed by atoms with Gasteiger partial charge < -0.3 is 0 Å². The molecule has 9 heteroatoms. The molecule has 1 fully saturated rings. The molecule has 0 bridgehead atoms. The third kappa shape index (κ3) is 3.69. The predicted molar refractivity (Wildman–Crippen MR) is 113 cm³/mol. The molecule has 1 aromatic carbocycles. The van der Waals surface area contributed by atoms with Crippen molar-refractivity contribution in [2.75, 3.05) is 6.54 Å². The Labute approximate surface area is 186 Å². The Hall–Kier alpha value is -2.48. The first-order valence-corrected chi connectivity index (χ1v) is 10.9. The van der Waals surface area contributed by atoms with E-state index in [1.807, 2.05) is 12.2 Å². The first-order valence-electron chi connectivity index (χ1n) is 9.25. The van der Waals surface area contributed by atoms with E-state index in [4.69, 9.17) is 23.2 Å². The molecule has 0 unspecified atom stereocenters. The van der Waals surface area contributed by atoms with Crippen LogP contribution in [0.1, 0.15) is 32.9 Å². The van der Waals surface area contributed by atoms with E-state index in [1.54, 1.807) is 17.5 Å². The molecule has 1 aliphatic heterocycles. The maximum absolute atomic E-state index is 13.4. The van der Waals surface area contributed by atoms with Crippen LogP contribution in [0.25, 0.3) is 0 Å². The number of hydrogen-bond acceptors (Lipinski definition) is 5. The molecule has 2 aliphatic rings. The molecule has 4 rings (SSSR count). The summed E-state index contributed by atoms with van der Waals surface area (Å²) in [5, 5.41) is 3.89. The Kier molecular flexibility index (Phi) is 5.77. The van der Waals surface area contributed by atoms with Crippen LogP contribution in [-0.4, -0.2) is 40.1 Å². The minimum absolute atomic E-state index is 0.0497. The van der Waals surface area contributed by atoms with E-state index in [1.165, 1.54) is 29.5 Å². The number of amides is 3. The number of allylic oxidation sites excluding steroid dienone is 2. The number of nitrogens with zero attached hydrogens (tertiary/aromatic N) is 2. The Morgan fingerprint density at radius 2 is 1.73 bits per heavy atom. The fourth-order valence-corrected chi connectivity index (χ4v) is 4.85. The highest BCUT2D eigenvalue weighted by Gasteiger charge is 2.51. The van der Waals surface area contributed by atoms with Crippen LogP contribution in [0.3, 0.4) is 0 Å². The summed E-state index contributed by atoms with van der Waals surface area (Å²) < 4.78 is 0. The number of ketones is 1. The lowest BCUT2D eigenvalue weighted by Crippen LogP contribution is -2.52. The number of benzene rings is 1. The zero-order valence-electron chi connectivity index (χ0n) is 15.6. The SMILES string of the molecule is O=C(CN(C(=O)c1ccc(Cl)cc1Cl)N1C(=O)[C@H]2CC=CC[C@@H]2C1=O)c1cccs1. The van der Waals surface area contributed by atoms with Gasteiger partial charge in [0.25, 0.3) is 17.7 Å². The number of carbonyl (C=O) groups excluding carboxylic acids is 4. The number of Topliss-reactive ketones (excluding diaryl/α,β-unsaturated/α-hetero) is 1. The quantitative estimate of drug-likeness (QED) is 0.378. The van der Waals surface area contributed by atoms with Crippen molar-refractivity contribution < 1.29 is 19.2 Å². The minimum atomic E-state index is -0.713. The Balaban J connectivity index is 1.72. The van der Waals surface area contributed by atoms with Gasteiger partial charge in [-0.2, -0.15) is 5.01 Å². The van der Waals surface area contributed by atoms with Gasteiger partial charge in [0, 0.05) is 5.02 Å². The second kappa shape index (κ2) is 8.34. The average Bonchev–Trinajstić information content (AvgIpc) is 3.34. The third-order valence-electron chi connectivity index (χ3n) is 5.21. The molecule has 2 aromatic rings. The van der Waals surface area contributed by atoms with Gasteiger partial charge in [0.2, 0.25) is 0 Å². The normalized spacial score (nSPS) is 20.4. The molecule has 0 N–H and O–H groups in total. The van der Waals surface area contributed by atoms with Crippen LogP contribution in [0.2, 0.25) is 10.0 Å². The smallest absolute Gasteiger partial charge is 0.274 e. The van der Waals surface area contributed by atoms with E-state index in [0.717, 1.165) is 10.0 Å². The van der Waals surface area contributed by atoms with Gasteiger partial charge in [0.05, 0.1) is 27.3 Å². The lowest BCUT2D eigenvalue weighted by atomic mass is 9.85. The van der Waals surface area contributed by atoms with Crippen LogP contribution in [0.4, 0.5) is 0 Å². The summed E-state index contributed by atoms with van der Waals surface area (Å²) in [6, 6.07) is 7.63. The van der Waals surface area contributed by atoms with E-state index < -0.39 is 36.1 Å². The maximum atomic E-state index is 13.4. The van der Waals surface area contributed by atoms with Gasteiger partial charge in [-0.3, -0.25) is 19.2 Å². The standard InChI is InChI=1S/C21H16Cl2N2O4S/c22-12-7-8-15(16(23)10-12)19(27)24(11-17(26)18-6-3-9-30-18)25-20(28)13-4-1-2-5-14(13)21(25)29/h1-3,6-10,13-14H,4-5,11H2/t13-,14-/m0/s1. The largest absolute Gasteiger partial charge is 0.291 e. The van der Waals surface area contributed by atoms with E-state index in [2.05, 4.69) is 0 Å². The number of thiophene rings is 1. The Bertz CT molecular complexity index is 1040. The van der Waals surface area contributed by atoms with Crippen LogP contribution in [0, 0.1) is 11.8 Å². The topological polar surface area (TPSA) is 74.8 Å². The second-order valence-corrected chi connectivity index (χ2v) is 8.82. The molecule has 1 aliphatic carbocycles. The van der Waals surface area contributed by atoms with Crippen LogP contribution in [0.5, 0.6) is 0 Å². The van der Waals surface area contributed by atoms with Crippen LogP contribution in [0.15, 0.2) is 47.9 Å². The molecule has 1 aromatic heterocycles. The predicted octanol–water partition coefficient (Wildman–Crippen LogP) is 4.25. The summed E-state index contributed by atoms with van der Waals surface area (Å²) in [5.41, 5.74) is 0.0497. The number of hydrogen-bond donors (Lipinski definition) is 0. The molecule has 0 radical (unpaired) electrons. The van der Waals surface area contributed by atoms with Gasteiger partial charge in [0.1, 0.15) is 6.54 Å². The van der Waals surface area contributed by atoms with Gasteiger partial charge in [-0.15, -0.1) is 11.3 Å². The number of halogens is 2. The van der Waals surface area contributed by atoms with Gasteiger partial charge in [-0.25, -0.2) is 5.01 Å². The van der Waals surface area contributed by atoms with Crippen molar-refractivity contribution >= 4 is 58.0 Å². The monoisotopic (exact) mass is 462 g/mol. The summed E-state index contributed by atoms with van der Waals surface area (Å²) >= 11 is 13.3. The number of carbonyl (C=O) groups is 4. The zero-order chi connectivity index (χ0) is 21.4. The van der Waals surface area contributed by atoms with Crippen molar-refractivity contribution in [2.24, 2.45) is 11.8 Å². The average molecular weight is 463 g/mol. The van der Waals surface area contributed by atoms with E-state index >= 15 is 0 Å². The molecule has 30 heavy (non-hydrogen) atoms. The van der Waals surface area contributed by atoms with Crippen molar-refractivity contribution in [3.63, 3.8) is 0 Å². The van der Waals surface area contributed by atoms with Crippen molar-refractivity contribution in [2.45, 2.75) is 12.8 Å². The van der Waals surface area contributed by atoms with E-state index in [0.29, 0.717) is 22.7 Å². The van der Waals surface area contributed by atoms with Crippen molar-refractivity contribution in [1.82, 2.24) is 10.0 Å². The highest BCUT2D eigenvalue weighted by Crippen LogP contribution is 2.36. The van der Waals surface area contributed by atoms with Gasteiger partial charge in [0.15, 0.2) is 5.78 Å². The van der Waals surface area contributed by atoms with Crippen LogP contribution in [-0.2, 0) is 9.59 Å². The molecule has 2 atom stereocenters. The highest BCUT2D eigenvalue weighted by atomic mass is 35.5. The molecule has 0 saturated carbocycles. The first kappa shape index (κ1) is 20.8. The number of fused-ring (bicyclic) bond motifs is 1. The Morgan fingerprint density at radius 3 is 2.30 bits per heavy atom. The molecular weight excluding hydrogens is 447 g/mol. The van der Waals surface area contributed by atoms with Crippen molar-refractivity contribution in [3.8, 4) is 0 Å². The molecule has 3 amide bonds. The van der Waals surface area contributed by atoms with Crippen molar-refractivity contribution in [1.29, 1.82) is 0 Å². The third-order valence-corrected chi connectivity index (χ3v) is 6.67. The van der Waals surface area contributed by atoms with Crippen LogP contribution >= 0.6 is 34.5 Å². The first-order chi connectivity index (χ1) is 14.4. The summed E-state index contributed by atoms with van der Waals surface area (Å²) in [6.07, 6.45) is 4.56. The molecular formula is C21H16Cl2N2O4S. The fraction of sp³-hybridized carbons (Fsp3) is 0.238. The molecule has 1 saturated heterocycles. The second-order valence-electron chi connectivity index (χ2n) is 7.03. The number of hydrazine groups is 1. The summed E-state index contributed by atoms with van der Waals surface area (Å²) in [4.78, 5) is 52.7. The molecule has 154 valence electrons. The summed E-state index contributed by atoms with van der Waals surface area (Å²) in [7, 11) is 0. The summed E-state index contributed by atoms with van der Waals surface area (Å²) in [5.74, 6) is -3.11. The van der Waals surface area contributed by atoms with Crippen LogP contribution < -0.4 is 0 Å². The zero-order valence-corrected chi connectivity index (χ0v) is 17.9. The lowest BCUT2D eigenvalue weighted by molar-refractivity contribution is -0.154. The molecule has 0 spiro atoms. The van der Waals surface area contributed by atoms with E-state index in [9.17, 15) is 19.2 Å².